The minimum Gasteiger partial charge on any atom is -0.459 e. The lowest BCUT2D eigenvalue weighted by Crippen LogP contribution is -2.13. The van der Waals surface area contributed by atoms with E-state index in [1.54, 1.807) is 31.4 Å². The van der Waals surface area contributed by atoms with E-state index < -0.39 is 6.29 Å². The number of carbonyl (C=O) groups excluding carboxylic acids is 1. The Hall–Kier alpha value is -2.17. The quantitative estimate of drug-likeness (QED) is 0.808. The molecule has 4 nitrogen and oxygen atoms in total. The van der Waals surface area contributed by atoms with Crippen LogP contribution in [0.25, 0.3) is 0 Å². The average Bonchev–Trinajstić information content (AvgIpc) is 2.91. The highest BCUT2D eigenvalue weighted by Crippen LogP contribution is 2.39. The molecule has 2 aromatic carbocycles. The SMILES string of the molecule is COC1O[C@H](COC(=O)c2ccccc2)c2ccccc21. The minimum absolute atomic E-state index is 0.171. The number of methoxy groups -OCH3 is 1. The minimum atomic E-state index is -0.401. The summed E-state index contributed by atoms with van der Waals surface area (Å²) in [6.07, 6.45) is -0.694. The Morgan fingerprint density at radius 2 is 1.71 bits per heavy atom. The maximum absolute atomic E-state index is 12.0. The highest BCUT2D eigenvalue weighted by atomic mass is 16.7. The molecule has 21 heavy (non-hydrogen) atoms. The number of hydrogen-bond acceptors (Lipinski definition) is 4. The molecule has 0 amide bonds. The molecule has 0 fully saturated rings. The molecule has 0 saturated heterocycles. The van der Waals surface area contributed by atoms with E-state index in [0.29, 0.717) is 5.56 Å². The second-order valence-electron chi connectivity index (χ2n) is 4.79. The van der Waals surface area contributed by atoms with Crippen LogP contribution in [0.2, 0.25) is 0 Å². The second kappa shape index (κ2) is 6.08. The summed E-state index contributed by atoms with van der Waals surface area (Å²) in [5, 5.41) is 0. The van der Waals surface area contributed by atoms with Gasteiger partial charge in [-0.3, -0.25) is 0 Å². The Labute approximate surface area is 123 Å². The van der Waals surface area contributed by atoms with Gasteiger partial charge in [-0.15, -0.1) is 0 Å². The Kier molecular flexibility index (Phi) is 3.99. The van der Waals surface area contributed by atoms with E-state index in [2.05, 4.69) is 0 Å². The van der Waals surface area contributed by atoms with Crippen LogP contribution in [0.3, 0.4) is 0 Å². The lowest BCUT2D eigenvalue weighted by molar-refractivity contribution is -0.152. The van der Waals surface area contributed by atoms with E-state index in [0.717, 1.165) is 11.1 Å². The smallest absolute Gasteiger partial charge is 0.338 e. The van der Waals surface area contributed by atoms with Crippen LogP contribution in [0.15, 0.2) is 54.6 Å². The average molecular weight is 284 g/mol. The van der Waals surface area contributed by atoms with Gasteiger partial charge in [0.2, 0.25) is 0 Å². The molecule has 0 spiro atoms. The van der Waals surface area contributed by atoms with Gasteiger partial charge in [-0.1, -0.05) is 42.5 Å². The number of rotatable bonds is 4. The molecule has 0 saturated carbocycles. The zero-order valence-electron chi connectivity index (χ0n) is 11.7. The van der Waals surface area contributed by atoms with Crippen LogP contribution in [-0.2, 0) is 14.2 Å². The van der Waals surface area contributed by atoms with E-state index >= 15 is 0 Å². The van der Waals surface area contributed by atoms with Gasteiger partial charge in [0.05, 0.1) is 5.56 Å². The summed E-state index contributed by atoms with van der Waals surface area (Å²) in [5.74, 6) is -0.349. The summed E-state index contributed by atoms with van der Waals surface area (Å²) in [7, 11) is 1.60. The molecule has 0 aliphatic carbocycles. The van der Waals surface area contributed by atoms with Crippen molar-refractivity contribution in [2.45, 2.75) is 12.4 Å². The van der Waals surface area contributed by atoms with Crippen molar-refractivity contribution < 1.29 is 19.0 Å². The van der Waals surface area contributed by atoms with Gasteiger partial charge in [0, 0.05) is 12.7 Å². The molecule has 0 radical (unpaired) electrons. The Morgan fingerprint density at radius 3 is 2.43 bits per heavy atom. The van der Waals surface area contributed by atoms with Gasteiger partial charge in [-0.05, 0) is 17.7 Å². The first-order chi connectivity index (χ1) is 10.3. The number of carbonyl (C=O) groups is 1. The first-order valence-electron chi connectivity index (χ1n) is 6.79. The van der Waals surface area contributed by atoms with Gasteiger partial charge in [-0.2, -0.15) is 0 Å². The molecule has 2 atom stereocenters. The molecule has 2 aromatic rings. The number of benzene rings is 2. The van der Waals surface area contributed by atoms with Crippen LogP contribution in [0.5, 0.6) is 0 Å². The zero-order valence-corrected chi connectivity index (χ0v) is 11.7. The van der Waals surface area contributed by atoms with Crippen molar-refractivity contribution in [1.82, 2.24) is 0 Å². The van der Waals surface area contributed by atoms with E-state index in [1.807, 2.05) is 30.3 Å². The molecule has 3 rings (SSSR count). The van der Waals surface area contributed by atoms with E-state index in [1.165, 1.54) is 0 Å². The Balaban J connectivity index is 1.68. The van der Waals surface area contributed by atoms with Crippen LogP contribution in [0, 0.1) is 0 Å². The maximum atomic E-state index is 12.0. The molecule has 108 valence electrons. The first-order valence-corrected chi connectivity index (χ1v) is 6.79. The van der Waals surface area contributed by atoms with Crippen LogP contribution in [-0.4, -0.2) is 19.7 Å². The van der Waals surface area contributed by atoms with Crippen molar-refractivity contribution in [3.8, 4) is 0 Å². The fourth-order valence-electron chi connectivity index (χ4n) is 2.44. The predicted molar refractivity (Wildman–Crippen MR) is 76.7 cm³/mol. The summed E-state index contributed by atoms with van der Waals surface area (Å²) < 4.78 is 16.4. The molecule has 1 unspecified atom stereocenters. The van der Waals surface area contributed by atoms with Crippen LogP contribution >= 0.6 is 0 Å². The van der Waals surface area contributed by atoms with Crippen molar-refractivity contribution in [2.75, 3.05) is 13.7 Å². The third kappa shape index (κ3) is 2.82. The van der Waals surface area contributed by atoms with Gasteiger partial charge in [0.15, 0.2) is 6.29 Å². The summed E-state index contributed by atoms with van der Waals surface area (Å²) >= 11 is 0. The van der Waals surface area contributed by atoms with Crippen molar-refractivity contribution in [3.05, 3.63) is 71.3 Å². The monoisotopic (exact) mass is 284 g/mol. The van der Waals surface area contributed by atoms with Crippen LogP contribution in [0.4, 0.5) is 0 Å². The van der Waals surface area contributed by atoms with Crippen LogP contribution < -0.4 is 0 Å². The van der Waals surface area contributed by atoms with Gasteiger partial charge in [0.1, 0.15) is 12.7 Å². The lowest BCUT2D eigenvalue weighted by Gasteiger charge is -2.13. The molecule has 4 heteroatoms. The van der Waals surface area contributed by atoms with E-state index in [9.17, 15) is 4.79 Å². The summed E-state index contributed by atoms with van der Waals surface area (Å²) in [5.41, 5.74) is 2.53. The molecule has 0 aromatic heterocycles. The lowest BCUT2D eigenvalue weighted by atomic mass is 10.1. The standard InChI is InChI=1S/C17H16O4/c1-19-17-14-10-6-5-9-13(14)15(21-17)11-20-16(18)12-7-3-2-4-8-12/h2-10,15,17H,11H2,1H3/t15-,17?/m1/s1. The number of ether oxygens (including phenoxy) is 3. The van der Waals surface area contributed by atoms with E-state index in [-0.39, 0.29) is 18.7 Å². The molecular formula is C17H16O4. The number of esters is 1. The fourth-order valence-corrected chi connectivity index (χ4v) is 2.44. The molecule has 0 N–H and O–H groups in total. The van der Waals surface area contributed by atoms with Crippen molar-refractivity contribution in [1.29, 1.82) is 0 Å². The Morgan fingerprint density at radius 1 is 1.05 bits per heavy atom. The van der Waals surface area contributed by atoms with Gasteiger partial charge in [-0.25, -0.2) is 4.79 Å². The predicted octanol–water partition coefficient (Wildman–Crippen LogP) is 3.26. The number of hydrogen-bond donors (Lipinski definition) is 0. The zero-order chi connectivity index (χ0) is 14.7. The molecule has 1 aliphatic heterocycles. The summed E-state index contributed by atoms with van der Waals surface area (Å²) in [4.78, 5) is 12.0. The van der Waals surface area contributed by atoms with Crippen LogP contribution in [0.1, 0.15) is 33.9 Å². The van der Waals surface area contributed by atoms with Crippen molar-refractivity contribution >= 4 is 5.97 Å². The van der Waals surface area contributed by atoms with Crippen molar-refractivity contribution in [2.24, 2.45) is 0 Å². The molecule has 0 bridgehead atoms. The summed E-state index contributed by atoms with van der Waals surface area (Å²) in [6.45, 7) is 0.171. The first kappa shape index (κ1) is 13.8. The third-order valence-corrected chi connectivity index (χ3v) is 3.47. The highest BCUT2D eigenvalue weighted by molar-refractivity contribution is 5.89. The van der Waals surface area contributed by atoms with Gasteiger partial charge < -0.3 is 14.2 Å². The second-order valence-corrected chi connectivity index (χ2v) is 4.79. The number of fused-ring (bicyclic) bond motifs is 1. The van der Waals surface area contributed by atoms with Crippen molar-refractivity contribution in [3.63, 3.8) is 0 Å². The third-order valence-electron chi connectivity index (χ3n) is 3.47. The normalized spacial score (nSPS) is 20.0. The van der Waals surface area contributed by atoms with Gasteiger partial charge in [0.25, 0.3) is 0 Å². The Bertz CT molecular complexity index is 624. The van der Waals surface area contributed by atoms with E-state index in [4.69, 9.17) is 14.2 Å². The fraction of sp³-hybridized carbons (Fsp3) is 0.235. The molecular weight excluding hydrogens is 268 g/mol. The van der Waals surface area contributed by atoms with Gasteiger partial charge >= 0.3 is 5.97 Å². The molecule has 1 heterocycles. The summed E-state index contributed by atoms with van der Waals surface area (Å²) in [6, 6.07) is 16.7. The maximum Gasteiger partial charge on any atom is 0.338 e. The largest absolute Gasteiger partial charge is 0.459 e. The topological polar surface area (TPSA) is 44.8 Å². The highest BCUT2D eigenvalue weighted by Gasteiger charge is 2.32. The molecule has 1 aliphatic rings.